The minimum Gasteiger partial charge on any atom is -0.465 e. The van der Waals surface area contributed by atoms with Gasteiger partial charge in [-0.1, -0.05) is 43.3 Å². The molecule has 188 valence electrons. The van der Waals surface area contributed by atoms with E-state index in [0.717, 1.165) is 32.5 Å². The molecule has 1 N–H and O–H groups in total. The lowest BCUT2D eigenvalue weighted by molar-refractivity contribution is -0.124. The van der Waals surface area contributed by atoms with Gasteiger partial charge in [0.1, 0.15) is 0 Å². The van der Waals surface area contributed by atoms with Crippen LogP contribution < -0.4 is 5.32 Å². The second kappa shape index (κ2) is 11.3. The molecule has 1 spiro atoms. The third kappa shape index (κ3) is 5.27. The number of benzene rings is 2. The molecule has 0 unspecified atom stereocenters. The van der Waals surface area contributed by atoms with E-state index in [9.17, 15) is 9.59 Å². The van der Waals surface area contributed by atoms with Gasteiger partial charge in [0, 0.05) is 25.5 Å². The van der Waals surface area contributed by atoms with Crippen molar-refractivity contribution < 1.29 is 23.8 Å². The Bertz CT molecular complexity index is 1010. The van der Waals surface area contributed by atoms with Gasteiger partial charge in [0.15, 0.2) is 0 Å². The van der Waals surface area contributed by atoms with E-state index in [-0.39, 0.29) is 29.4 Å². The number of nitrogens with zero attached hydrogens (tertiary/aromatic N) is 1. The Kier molecular flexibility index (Phi) is 8.21. The molecule has 7 nitrogen and oxygen atoms in total. The largest absolute Gasteiger partial charge is 0.465 e. The number of rotatable bonds is 9. The van der Waals surface area contributed by atoms with E-state index in [0.29, 0.717) is 25.2 Å². The molecule has 2 aromatic carbocycles. The highest BCUT2D eigenvalue weighted by atomic mass is 16.5. The quantitative estimate of drug-likeness (QED) is 0.436. The van der Waals surface area contributed by atoms with Crippen LogP contribution in [0.3, 0.4) is 0 Å². The summed E-state index contributed by atoms with van der Waals surface area (Å²) >= 11 is 0. The highest BCUT2D eigenvalue weighted by molar-refractivity contribution is 5.89. The first-order chi connectivity index (χ1) is 17.0. The van der Waals surface area contributed by atoms with Crippen molar-refractivity contribution in [1.82, 2.24) is 10.2 Å². The van der Waals surface area contributed by atoms with Crippen LogP contribution in [0.2, 0.25) is 0 Å². The molecule has 2 atom stereocenters. The van der Waals surface area contributed by atoms with Gasteiger partial charge in [0.25, 0.3) is 0 Å². The summed E-state index contributed by atoms with van der Waals surface area (Å²) in [6.07, 6.45) is 2.20. The van der Waals surface area contributed by atoms with Gasteiger partial charge in [0.05, 0.1) is 38.0 Å². The van der Waals surface area contributed by atoms with Crippen molar-refractivity contribution >= 4 is 11.9 Å². The molecule has 1 saturated heterocycles. The van der Waals surface area contributed by atoms with Crippen LogP contribution in [0.25, 0.3) is 0 Å². The van der Waals surface area contributed by atoms with Crippen LogP contribution in [0.15, 0.2) is 48.5 Å². The van der Waals surface area contributed by atoms with E-state index in [1.54, 1.807) is 7.11 Å². The molecule has 1 fully saturated rings. The Morgan fingerprint density at radius 3 is 2.40 bits per heavy atom. The summed E-state index contributed by atoms with van der Waals surface area (Å²) in [4.78, 5) is 26.6. The van der Waals surface area contributed by atoms with Crippen LogP contribution in [-0.2, 0) is 31.0 Å². The number of likely N-dealkylation sites (tertiary alicyclic amines) is 1. The lowest BCUT2D eigenvalue weighted by Gasteiger charge is -2.44. The molecular weight excluding hydrogens is 444 g/mol. The van der Waals surface area contributed by atoms with E-state index >= 15 is 0 Å². The number of hydrogen-bond acceptors (Lipinski definition) is 6. The number of carbonyl (C=O) groups is 2. The standard InChI is InChI=1S/C28H36N2O5/c1-4-24(31)29-25-22-7-5-6-8-23(22)28(26(25)35-18-17-33-2)13-15-30(16-14-28)19-20-9-11-21(12-10-20)27(32)34-3/h5-12,25-26H,4,13-19H2,1-3H3,(H,29,31)/t25-,26+/m1/s1. The smallest absolute Gasteiger partial charge is 0.337 e. The van der Waals surface area contributed by atoms with Gasteiger partial charge in [0.2, 0.25) is 5.91 Å². The maximum atomic E-state index is 12.4. The molecule has 1 amide bonds. The molecule has 35 heavy (non-hydrogen) atoms. The van der Waals surface area contributed by atoms with Gasteiger partial charge >= 0.3 is 5.97 Å². The number of fused-ring (bicyclic) bond motifs is 2. The van der Waals surface area contributed by atoms with Gasteiger partial charge in [-0.2, -0.15) is 0 Å². The normalized spacial score (nSPS) is 21.0. The zero-order chi connectivity index (χ0) is 24.8. The average Bonchev–Trinajstić information content (AvgIpc) is 3.14. The Labute approximate surface area is 207 Å². The molecule has 2 aromatic rings. The van der Waals surface area contributed by atoms with Crippen LogP contribution in [0.4, 0.5) is 0 Å². The summed E-state index contributed by atoms with van der Waals surface area (Å²) in [7, 11) is 3.07. The fraction of sp³-hybridized carbons (Fsp3) is 0.500. The number of methoxy groups -OCH3 is 2. The molecule has 2 aliphatic rings. The van der Waals surface area contributed by atoms with Crippen molar-refractivity contribution in [3.63, 3.8) is 0 Å². The first-order valence-corrected chi connectivity index (χ1v) is 12.4. The van der Waals surface area contributed by atoms with Crippen LogP contribution >= 0.6 is 0 Å². The Hall–Kier alpha value is -2.74. The van der Waals surface area contributed by atoms with E-state index in [1.165, 1.54) is 23.8 Å². The zero-order valence-electron chi connectivity index (χ0n) is 20.9. The number of amides is 1. The first-order valence-electron chi connectivity index (χ1n) is 12.4. The van der Waals surface area contributed by atoms with Crippen LogP contribution in [0.1, 0.15) is 59.3 Å². The van der Waals surface area contributed by atoms with Gasteiger partial charge in [-0.15, -0.1) is 0 Å². The van der Waals surface area contributed by atoms with Gasteiger partial charge in [-0.3, -0.25) is 9.69 Å². The Balaban J connectivity index is 1.52. The molecule has 0 saturated carbocycles. The van der Waals surface area contributed by atoms with Crippen molar-refractivity contribution in [3.8, 4) is 0 Å². The molecule has 1 heterocycles. The topological polar surface area (TPSA) is 77.1 Å². The molecule has 0 aromatic heterocycles. The van der Waals surface area contributed by atoms with Crippen molar-refractivity contribution in [2.24, 2.45) is 0 Å². The predicted molar refractivity (Wildman–Crippen MR) is 133 cm³/mol. The number of piperidine rings is 1. The fourth-order valence-corrected chi connectivity index (χ4v) is 5.59. The highest BCUT2D eigenvalue weighted by Gasteiger charge is 2.54. The second-order valence-electron chi connectivity index (χ2n) is 9.39. The van der Waals surface area contributed by atoms with Gasteiger partial charge < -0.3 is 19.5 Å². The number of ether oxygens (including phenoxy) is 3. The van der Waals surface area contributed by atoms with E-state index < -0.39 is 0 Å². The first kappa shape index (κ1) is 25.4. The summed E-state index contributed by atoms with van der Waals surface area (Å²) < 4.78 is 16.5. The molecule has 0 radical (unpaired) electrons. The van der Waals surface area contributed by atoms with Crippen molar-refractivity contribution in [1.29, 1.82) is 0 Å². The summed E-state index contributed by atoms with van der Waals surface area (Å²) in [5, 5.41) is 3.25. The number of esters is 1. The molecule has 1 aliphatic heterocycles. The Morgan fingerprint density at radius 1 is 1.03 bits per heavy atom. The lowest BCUT2D eigenvalue weighted by atomic mass is 9.71. The van der Waals surface area contributed by atoms with Crippen molar-refractivity contribution in [2.45, 2.75) is 50.3 Å². The number of hydrogen-bond donors (Lipinski definition) is 1. The third-order valence-corrected chi connectivity index (χ3v) is 7.43. The predicted octanol–water partition coefficient (Wildman–Crippen LogP) is 3.62. The Morgan fingerprint density at radius 2 is 1.74 bits per heavy atom. The van der Waals surface area contributed by atoms with Crippen molar-refractivity contribution in [3.05, 3.63) is 70.8 Å². The van der Waals surface area contributed by atoms with E-state index in [4.69, 9.17) is 14.2 Å². The third-order valence-electron chi connectivity index (χ3n) is 7.43. The minimum absolute atomic E-state index is 0.0371. The SMILES string of the molecule is CCC(=O)N[C@@H]1c2ccccc2C2(CCN(Cc3ccc(C(=O)OC)cc3)CC2)[C@H]1OCCOC. The summed E-state index contributed by atoms with van der Waals surface area (Å²) in [5.41, 5.74) is 4.05. The summed E-state index contributed by atoms with van der Waals surface area (Å²) in [6, 6.07) is 15.9. The van der Waals surface area contributed by atoms with Gasteiger partial charge in [-0.05, 0) is 54.8 Å². The van der Waals surface area contributed by atoms with E-state index in [1.807, 2.05) is 37.3 Å². The fourth-order valence-electron chi connectivity index (χ4n) is 5.59. The summed E-state index contributed by atoms with van der Waals surface area (Å²) in [6.45, 7) is 5.56. The van der Waals surface area contributed by atoms with Crippen LogP contribution in [0.5, 0.6) is 0 Å². The van der Waals surface area contributed by atoms with Crippen LogP contribution in [0, 0.1) is 0 Å². The molecule has 4 rings (SSSR count). The minimum atomic E-state index is -0.319. The zero-order valence-corrected chi connectivity index (χ0v) is 20.9. The molecule has 1 aliphatic carbocycles. The maximum Gasteiger partial charge on any atom is 0.337 e. The number of nitrogens with one attached hydrogen (secondary N) is 1. The maximum absolute atomic E-state index is 12.4. The van der Waals surface area contributed by atoms with Gasteiger partial charge in [-0.25, -0.2) is 4.79 Å². The molecule has 7 heteroatoms. The van der Waals surface area contributed by atoms with E-state index in [2.05, 4.69) is 28.4 Å². The van der Waals surface area contributed by atoms with Crippen LogP contribution in [-0.4, -0.2) is 63.4 Å². The highest BCUT2D eigenvalue weighted by Crippen LogP contribution is 2.52. The number of carbonyl (C=O) groups excluding carboxylic acids is 2. The molecule has 0 bridgehead atoms. The average molecular weight is 481 g/mol. The van der Waals surface area contributed by atoms with Crippen molar-refractivity contribution in [2.75, 3.05) is 40.5 Å². The molecular formula is C28H36N2O5. The lowest BCUT2D eigenvalue weighted by Crippen LogP contribution is -2.51. The second-order valence-corrected chi connectivity index (χ2v) is 9.39. The summed E-state index contributed by atoms with van der Waals surface area (Å²) in [5.74, 6) is -0.282. The monoisotopic (exact) mass is 480 g/mol.